The highest BCUT2D eigenvalue weighted by atomic mass is 31.2. The molecule has 1 aliphatic rings. The van der Waals surface area contributed by atoms with Crippen LogP contribution in [-0.2, 0) is 32.7 Å². The lowest BCUT2D eigenvalue weighted by molar-refractivity contribution is -0.220. The average molecular weight is 859 g/mol. The van der Waals surface area contributed by atoms with Gasteiger partial charge in [0.1, 0.15) is 43.2 Å². The Kier molecular flexibility index (Phi) is 32.9. The van der Waals surface area contributed by atoms with Crippen LogP contribution < -0.4 is 0 Å². The first-order valence-corrected chi connectivity index (χ1v) is 23.9. The normalized spacial score (nSPS) is 22.8. The SMILES string of the molecule is CCCCC/C=C\C/C=C\C/C=C\C/C=C\CCCC(=O)O[C@H](COC(=O)CCCCCCCCCCCCCCC)COP(=O)(O)OC1[C@H](O)[C@H](O)C(O)[C@H](O)[C@H]1O. The first-order valence-electron chi connectivity index (χ1n) is 22.4. The molecule has 1 rings (SSSR count). The van der Waals surface area contributed by atoms with Crippen LogP contribution in [0.2, 0.25) is 0 Å². The molecule has 8 atom stereocenters. The van der Waals surface area contributed by atoms with Crippen molar-refractivity contribution in [3.05, 3.63) is 48.6 Å². The minimum Gasteiger partial charge on any atom is -0.462 e. The van der Waals surface area contributed by atoms with Crippen molar-refractivity contribution in [1.29, 1.82) is 0 Å². The second-order valence-corrected chi connectivity index (χ2v) is 17.0. The fraction of sp³-hybridized carbons (Fsp3) is 0.778. The highest BCUT2D eigenvalue weighted by Crippen LogP contribution is 2.47. The van der Waals surface area contributed by atoms with Gasteiger partial charge in [-0.25, -0.2) is 4.57 Å². The van der Waals surface area contributed by atoms with E-state index in [-0.39, 0.29) is 12.8 Å². The summed E-state index contributed by atoms with van der Waals surface area (Å²) in [6, 6.07) is 0. The Morgan fingerprint density at radius 3 is 1.44 bits per heavy atom. The maximum Gasteiger partial charge on any atom is 0.472 e. The summed E-state index contributed by atoms with van der Waals surface area (Å²) in [7, 11) is -5.13. The van der Waals surface area contributed by atoms with Crippen molar-refractivity contribution in [2.45, 2.75) is 211 Å². The molecule has 13 nitrogen and oxygen atoms in total. The molecule has 0 aromatic carbocycles. The molecular weight excluding hydrogens is 779 g/mol. The number of ether oxygens (including phenoxy) is 2. The van der Waals surface area contributed by atoms with Crippen LogP contribution in [0, 0.1) is 0 Å². The van der Waals surface area contributed by atoms with Gasteiger partial charge in [-0.2, -0.15) is 0 Å². The van der Waals surface area contributed by atoms with Crippen molar-refractivity contribution in [2.75, 3.05) is 13.2 Å². The van der Waals surface area contributed by atoms with Gasteiger partial charge in [-0.05, 0) is 51.4 Å². The van der Waals surface area contributed by atoms with E-state index in [2.05, 4.69) is 50.3 Å². The Labute approximate surface area is 354 Å². The highest BCUT2D eigenvalue weighted by Gasteiger charge is 2.51. The van der Waals surface area contributed by atoms with E-state index in [4.69, 9.17) is 18.5 Å². The number of aliphatic hydroxyl groups is 5. The number of rotatable bonds is 36. The van der Waals surface area contributed by atoms with E-state index < -0.39 is 75.7 Å². The number of hydrogen-bond donors (Lipinski definition) is 6. The minimum absolute atomic E-state index is 0.0211. The molecule has 1 aliphatic carbocycles. The van der Waals surface area contributed by atoms with E-state index in [1.54, 1.807) is 0 Å². The fourth-order valence-electron chi connectivity index (χ4n) is 6.51. The molecule has 342 valence electrons. The second kappa shape index (κ2) is 35.4. The molecule has 0 aromatic rings. The van der Waals surface area contributed by atoms with E-state index in [1.165, 1.54) is 77.0 Å². The van der Waals surface area contributed by atoms with Gasteiger partial charge in [0.15, 0.2) is 6.10 Å². The summed E-state index contributed by atoms with van der Waals surface area (Å²) in [4.78, 5) is 35.6. The summed E-state index contributed by atoms with van der Waals surface area (Å²) in [6.45, 7) is 3.21. The Morgan fingerprint density at radius 2 is 0.932 bits per heavy atom. The average Bonchev–Trinajstić information content (AvgIpc) is 3.21. The van der Waals surface area contributed by atoms with E-state index in [0.717, 1.165) is 44.9 Å². The number of unbranched alkanes of at least 4 members (excludes halogenated alkanes) is 16. The van der Waals surface area contributed by atoms with E-state index in [9.17, 15) is 44.6 Å². The number of carbonyl (C=O) groups is 2. The van der Waals surface area contributed by atoms with Gasteiger partial charge in [0.25, 0.3) is 0 Å². The largest absolute Gasteiger partial charge is 0.472 e. The number of phosphoric acid groups is 1. The van der Waals surface area contributed by atoms with Crippen LogP contribution in [0.5, 0.6) is 0 Å². The number of aliphatic hydroxyl groups excluding tert-OH is 5. The van der Waals surface area contributed by atoms with Crippen molar-refractivity contribution >= 4 is 19.8 Å². The summed E-state index contributed by atoms with van der Waals surface area (Å²) in [6.07, 6.45) is 27.5. The molecule has 1 saturated carbocycles. The van der Waals surface area contributed by atoms with Crippen molar-refractivity contribution in [3.8, 4) is 0 Å². The Balaban J connectivity index is 2.53. The molecule has 0 saturated heterocycles. The van der Waals surface area contributed by atoms with Crippen molar-refractivity contribution < 1.29 is 63.1 Å². The first-order chi connectivity index (χ1) is 28.4. The highest BCUT2D eigenvalue weighted by molar-refractivity contribution is 7.47. The van der Waals surface area contributed by atoms with Gasteiger partial charge in [-0.3, -0.25) is 18.6 Å². The molecule has 0 heterocycles. The number of phosphoric ester groups is 1. The second-order valence-electron chi connectivity index (χ2n) is 15.6. The zero-order valence-electron chi connectivity index (χ0n) is 36.0. The van der Waals surface area contributed by atoms with Crippen LogP contribution in [0.1, 0.15) is 168 Å². The van der Waals surface area contributed by atoms with E-state index in [1.807, 2.05) is 12.2 Å². The molecule has 6 N–H and O–H groups in total. The maximum atomic E-state index is 12.8. The molecule has 0 aliphatic heterocycles. The molecule has 59 heavy (non-hydrogen) atoms. The summed E-state index contributed by atoms with van der Waals surface area (Å²) >= 11 is 0. The molecule has 0 aromatic heterocycles. The van der Waals surface area contributed by atoms with Gasteiger partial charge in [0.05, 0.1) is 6.61 Å². The monoisotopic (exact) mass is 859 g/mol. The number of carbonyl (C=O) groups excluding carboxylic acids is 2. The minimum atomic E-state index is -5.13. The molecule has 0 amide bonds. The Morgan fingerprint density at radius 1 is 0.525 bits per heavy atom. The lowest BCUT2D eigenvalue weighted by Gasteiger charge is -2.41. The number of allylic oxidation sites excluding steroid dienone is 8. The number of esters is 2. The molecule has 0 radical (unpaired) electrons. The van der Waals surface area contributed by atoms with Gasteiger partial charge >= 0.3 is 19.8 Å². The third-order valence-electron chi connectivity index (χ3n) is 10.2. The molecule has 3 unspecified atom stereocenters. The standard InChI is InChI=1S/C45H79O13P/c1-3-5-7-9-11-13-15-17-18-19-20-22-24-26-28-30-32-34-39(47)57-37(36-56-59(53,54)58-45-43(51)41(49)40(48)42(50)44(45)52)35-55-38(46)33-31-29-27-25-23-21-16-14-12-10-8-6-4-2/h11,13,17-18,20,22,26,28,37,40-45,48-52H,3-10,12,14-16,19,21,23-25,27,29-36H2,1-2H3,(H,53,54)/b13-11-,18-17-,22-20-,28-26-/t37-,40?,41-,42+,43-,44-,45?/m1/s1. The van der Waals surface area contributed by atoms with Crippen molar-refractivity contribution in [2.24, 2.45) is 0 Å². The van der Waals surface area contributed by atoms with Gasteiger partial charge in [-0.1, -0.05) is 152 Å². The third-order valence-corrected chi connectivity index (χ3v) is 11.2. The predicted octanol–water partition coefficient (Wildman–Crippen LogP) is 8.39. The van der Waals surface area contributed by atoms with Crippen LogP contribution in [0.25, 0.3) is 0 Å². The van der Waals surface area contributed by atoms with Crippen LogP contribution in [0.3, 0.4) is 0 Å². The third kappa shape index (κ3) is 28.1. The smallest absolute Gasteiger partial charge is 0.462 e. The van der Waals surface area contributed by atoms with Gasteiger partial charge < -0.3 is 39.9 Å². The zero-order valence-corrected chi connectivity index (χ0v) is 36.9. The lowest BCUT2D eigenvalue weighted by Crippen LogP contribution is -2.64. The maximum absolute atomic E-state index is 12.8. The Hall–Kier alpha value is -2.19. The van der Waals surface area contributed by atoms with Gasteiger partial charge in [0, 0.05) is 12.8 Å². The molecule has 1 fully saturated rings. The molecule has 0 spiro atoms. The van der Waals surface area contributed by atoms with Crippen LogP contribution >= 0.6 is 7.82 Å². The predicted molar refractivity (Wildman–Crippen MR) is 230 cm³/mol. The van der Waals surface area contributed by atoms with Gasteiger partial charge in [0.2, 0.25) is 0 Å². The topological polar surface area (TPSA) is 210 Å². The van der Waals surface area contributed by atoms with Crippen LogP contribution in [-0.4, -0.2) is 98.3 Å². The summed E-state index contributed by atoms with van der Waals surface area (Å²) in [5, 5.41) is 50.1. The first kappa shape index (κ1) is 54.8. The molecule has 0 bridgehead atoms. The van der Waals surface area contributed by atoms with Gasteiger partial charge in [-0.15, -0.1) is 0 Å². The van der Waals surface area contributed by atoms with Crippen LogP contribution in [0.4, 0.5) is 0 Å². The van der Waals surface area contributed by atoms with E-state index in [0.29, 0.717) is 19.3 Å². The summed E-state index contributed by atoms with van der Waals surface area (Å²) < 4.78 is 33.4. The van der Waals surface area contributed by atoms with Crippen LogP contribution in [0.15, 0.2) is 48.6 Å². The quantitative estimate of drug-likeness (QED) is 0.0152. The molecule has 14 heteroatoms. The summed E-state index contributed by atoms with van der Waals surface area (Å²) in [5.74, 6) is -1.16. The Bertz CT molecular complexity index is 1220. The van der Waals surface area contributed by atoms with Crippen molar-refractivity contribution in [1.82, 2.24) is 0 Å². The summed E-state index contributed by atoms with van der Waals surface area (Å²) in [5.41, 5.74) is 0. The lowest BCUT2D eigenvalue weighted by atomic mass is 9.85. The zero-order chi connectivity index (χ0) is 43.6. The number of hydrogen-bond acceptors (Lipinski definition) is 12. The molecular formula is C45H79O13P. The fourth-order valence-corrected chi connectivity index (χ4v) is 7.49. The van der Waals surface area contributed by atoms with E-state index >= 15 is 0 Å². The van der Waals surface area contributed by atoms with Crippen molar-refractivity contribution in [3.63, 3.8) is 0 Å².